The maximum absolute atomic E-state index is 11.3. The highest BCUT2D eigenvalue weighted by molar-refractivity contribution is 9.10. The van der Waals surface area contributed by atoms with Crippen molar-refractivity contribution in [2.75, 3.05) is 6.61 Å². The molecule has 0 aromatic carbocycles. The third-order valence-electron chi connectivity index (χ3n) is 1.68. The number of halogens is 1. The molecule has 1 heterocycles. The average molecular weight is 292 g/mol. The minimum Gasteiger partial charge on any atom is -0.369 e. The van der Waals surface area contributed by atoms with E-state index in [1.54, 1.807) is 11.3 Å². The number of rotatable bonds is 5. The lowest BCUT2D eigenvalue weighted by molar-refractivity contribution is -0.127. The van der Waals surface area contributed by atoms with E-state index in [-0.39, 0.29) is 18.6 Å². The first-order valence-electron chi connectivity index (χ1n) is 4.69. The first-order valence-corrected chi connectivity index (χ1v) is 6.37. The van der Waals surface area contributed by atoms with Gasteiger partial charge in [-0.25, -0.2) is 0 Å². The minimum atomic E-state index is -0.0796. The Hall–Kier alpha value is -0.390. The van der Waals surface area contributed by atoms with E-state index in [2.05, 4.69) is 21.2 Å². The molecular formula is C10H14BrNO2S. The predicted octanol–water partition coefficient (Wildman–Crippen LogP) is 2.55. The van der Waals surface area contributed by atoms with Gasteiger partial charge in [0.2, 0.25) is 5.91 Å². The Balaban J connectivity index is 2.26. The molecule has 1 N–H and O–H groups in total. The molecule has 0 fully saturated rings. The predicted molar refractivity (Wildman–Crippen MR) is 65.0 cm³/mol. The Morgan fingerprint density at radius 1 is 1.67 bits per heavy atom. The fraction of sp³-hybridized carbons (Fsp3) is 0.500. The monoisotopic (exact) mass is 291 g/mol. The van der Waals surface area contributed by atoms with Crippen LogP contribution in [0.2, 0.25) is 0 Å². The Bertz CT molecular complexity index is 325. The third kappa shape index (κ3) is 4.77. The van der Waals surface area contributed by atoms with Gasteiger partial charge in [-0.3, -0.25) is 4.79 Å². The Morgan fingerprint density at radius 2 is 2.40 bits per heavy atom. The molecule has 1 aromatic heterocycles. The number of thiophene rings is 1. The van der Waals surface area contributed by atoms with Gasteiger partial charge in [-0.15, -0.1) is 11.3 Å². The summed E-state index contributed by atoms with van der Waals surface area (Å²) in [6.45, 7) is 4.49. The van der Waals surface area contributed by atoms with Crippen LogP contribution in [-0.2, 0) is 16.1 Å². The van der Waals surface area contributed by atoms with Gasteiger partial charge in [-0.1, -0.05) is 0 Å². The summed E-state index contributed by atoms with van der Waals surface area (Å²) < 4.78 is 6.22. The maximum Gasteiger partial charge on any atom is 0.246 e. The van der Waals surface area contributed by atoms with Gasteiger partial charge in [0.15, 0.2) is 0 Å². The molecule has 5 heteroatoms. The largest absolute Gasteiger partial charge is 0.369 e. The van der Waals surface area contributed by atoms with Crippen LogP contribution in [0.4, 0.5) is 0 Å². The minimum absolute atomic E-state index is 0.0796. The number of ether oxygens (including phenoxy) is 1. The van der Waals surface area contributed by atoms with Crippen LogP contribution in [-0.4, -0.2) is 18.6 Å². The molecule has 0 bridgehead atoms. The summed E-state index contributed by atoms with van der Waals surface area (Å²) in [7, 11) is 0. The fourth-order valence-electron chi connectivity index (χ4n) is 0.923. The lowest BCUT2D eigenvalue weighted by atomic mass is 10.4. The van der Waals surface area contributed by atoms with Crippen LogP contribution in [0.5, 0.6) is 0 Å². The Kier molecular flexibility index (Phi) is 5.28. The zero-order valence-corrected chi connectivity index (χ0v) is 11.2. The second-order valence-corrected chi connectivity index (χ2v) is 5.18. The highest BCUT2D eigenvalue weighted by Gasteiger charge is 2.05. The molecule has 0 spiro atoms. The van der Waals surface area contributed by atoms with Crippen molar-refractivity contribution < 1.29 is 9.53 Å². The average Bonchev–Trinajstić information content (AvgIpc) is 2.58. The summed E-state index contributed by atoms with van der Waals surface area (Å²) in [4.78, 5) is 12.4. The standard InChI is InChI=1S/C10H14BrNO2S/c1-7(2)14-6-10(13)12-5-9-8(11)3-4-15-9/h3-4,7H,5-6H2,1-2H3,(H,12,13). The second-order valence-electron chi connectivity index (χ2n) is 3.33. The molecule has 0 radical (unpaired) electrons. The van der Waals surface area contributed by atoms with Crippen LogP contribution in [0, 0.1) is 0 Å². The first-order chi connectivity index (χ1) is 7.09. The van der Waals surface area contributed by atoms with Crippen molar-refractivity contribution in [3.05, 3.63) is 20.8 Å². The number of nitrogens with one attached hydrogen (secondary N) is 1. The summed E-state index contributed by atoms with van der Waals surface area (Å²) in [6, 6.07) is 1.97. The van der Waals surface area contributed by atoms with Crippen LogP contribution in [0.3, 0.4) is 0 Å². The second kappa shape index (κ2) is 6.25. The van der Waals surface area contributed by atoms with Crippen LogP contribution < -0.4 is 5.32 Å². The highest BCUT2D eigenvalue weighted by atomic mass is 79.9. The van der Waals surface area contributed by atoms with E-state index in [1.807, 2.05) is 25.3 Å². The topological polar surface area (TPSA) is 38.3 Å². The smallest absolute Gasteiger partial charge is 0.246 e. The van der Waals surface area contributed by atoms with E-state index in [0.29, 0.717) is 6.54 Å². The molecule has 0 aliphatic carbocycles. The van der Waals surface area contributed by atoms with E-state index in [1.165, 1.54) is 0 Å². The summed E-state index contributed by atoms with van der Waals surface area (Å²) >= 11 is 5.02. The maximum atomic E-state index is 11.3. The number of amides is 1. The van der Waals surface area contributed by atoms with Gasteiger partial charge >= 0.3 is 0 Å². The Labute approximate surface area is 102 Å². The molecule has 1 rings (SSSR count). The molecule has 0 saturated heterocycles. The Morgan fingerprint density at radius 3 is 2.93 bits per heavy atom. The van der Waals surface area contributed by atoms with Gasteiger partial charge in [0.25, 0.3) is 0 Å². The molecule has 15 heavy (non-hydrogen) atoms. The summed E-state index contributed by atoms with van der Waals surface area (Å²) in [6.07, 6.45) is 0.0872. The molecule has 1 amide bonds. The third-order valence-corrected chi connectivity index (χ3v) is 3.61. The van der Waals surface area contributed by atoms with Gasteiger partial charge < -0.3 is 10.1 Å². The number of hydrogen-bond donors (Lipinski definition) is 1. The molecule has 0 aliphatic rings. The molecule has 0 aliphatic heterocycles. The lowest BCUT2D eigenvalue weighted by Crippen LogP contribution is -2.28. The summed E-state index contributed by atoms with van der Waals surface area (Å²) in [5, 5.41) is 4.78. The van der Waals surface area contributed by atoms with Crippen LogP contribution in [0.1, 0.15) is 18.7 Å². The molecule has 0 unspecified atom stereocenters. The van der Waals surface area contributed by atoms with E-state index in [9.17, 15) is 4.79 Å². The van der Waals surface area contributed by atoms with Gasteiger partial charge in [0.05, 0.1) is 12.6 Å². The van der Waals surface area contributed by atoms with Crippen molar-refractivity contribution in [2.24, 2.45) is 0 Å². The lowest BCUT2D eigenvalue weighted by Gasteiger charge is -2.07. The van der Waals surface area contributed by atoms with Crippen molar-refractivity contribution in [1.82, 2.24) is 5.32 Å². The molecule has 84 valence electrons. The SMILES string of the molecule is CC(C)OCC(=O)NCc1sccc1Br. The van der Waals surface area contributed by atoms with E-state index < -0.39 is 0 Å². The van der Waals surface area contributed by atoms with Crippen molar-refractivity contribution in [3.63, 3.8) is 0 Å². The fourth-order valence-corrected chi connectivity index (χ4v) is 2.36. The van der Waals surface area contributed by atoms with Gasteiger partial charge in [-0.2, -0.15) is 0 Å². The van der Waals surface area contributed by atoms with E-state index in [4.69, 9.17) is 4.74 Å². The van der Waals surface area contributed by atoms with E-state index in [0.717, 1.165) is 9.35 Å². The molecule has 0 saturated carbocycles. The van der Waals surface area contributed by atoms with Gasteiger partial charge in [-0.05, 0) is 41.2 Å². The summed E-state index contributed by atoms with van der Waals surface area (Å²) in [5.74, 6) is -0.0796. The van der Waals surface area contributed by atoms with Crippen molar-refractivity contribution >= 4 is 33.2 Å². The van der Waals surface area contributed by atoms with Crippen LogP contribution >= 0.6 is 27.3 Å². The van der Waals surface area contributed by atoms with Gasteiger partial charge in [0.1, 0.15) is 6.61 Å². The first kappa shape index (κ1) is 12.7. The van der Waals surface area contributed by atoms with Crippen molar-refractivity contribution in [3.8, 4) is 0 Å². The molecule has 1 aromatic rings. The normalized spacial score (nSPS) is 10.7. The van der Waals surface area contributed by atoms with E-state index >= 15 is 0 Å². The van der Waals surface area contributed by atoms with Crippen molar-refractivity contribution in [1.29, 1.82) is 0 Å². The van der Waals surface area contributed by atoms with Crippen LogP contribution in [0.15, 0.2) is 15.9 Å². The number of carbonyl (C=O) groups is 1. The zero-order chi connectivity index (χ0) is 11.3. The quantitative estimate of drug-likeness (QED) is 0.905. The summed E-state index contributed by atoms with van der Waals surface area (Å²) in [5.41, 5.74) is 0. The number of hydrogen-bond acceptors (Lipinski definition) is 3. The van der Waals surface area contributed by atoms with Crippen molar-refractivity contribution in [2.45, 2.75) is 26.5 Å². The molecular weight excluding hydrogens is 278 g/mol. The van der Waals surface area contributed by atoms with Crippen LogP contribution in [0.25, 0.3) is 0 Å². The van der Waals surface area contributed by atoms with Gasteiger partial charge in [0, 0.05) is 9.35 Å². The molecule has 3 nitrogen and oxygen atoms in total. The molecule has 0 atom stereocenters. The zero-order valence-electron chi connectivity index (χ0n) is 8.75. The number of carbonyl (C=O) groups excluding carboxylic acids is 1. The highest BCUT2D eigenvalue weighted by Crippen LogP contribution is 2.21.